The van der Waals surface area contributed by atoms with E-state index in [9.17, 15) is 14.4 Å². The zero-order chi connectivity index (χ0) is 30.2. The lowest BCUT2D eigenvalue weighted by Gasteiger charge is -2.33. The molecule has 0 spiro atoms. The molecule has 0 aromatic heterocycles. The number of carbonyl (C=O) groups is 3. The van der Waals surface area contributed by atoms with Gasteiger partial charge in [-0.25, -0.2) is 0 Å². The smallest absolute Gasteiger partial charge is 0.246 e. The van der Waals surface area contributed by atoms with Crippen LogP contribution in [0.4, 0.5) is 0 Å². The van der Waals surface area contributed by atoms with Crippen LogP contribution in [0.2, 0.25) is 0 Å². The highest BCUT2D eigenvalue weighted by atomic mass is 35.5. The summed E-state index contributed by atoms with van der Waals surface area (Å²) in [5.41, 5.74) is 9.17. The number of hydrogen-bond donors (Lipinski definition) is 4. The van der Waals surface area contributed by atoms with Crippen LogP contribution in [0.25, 0.3) is 0 Å². The molecule has 0 saturated carbocycles. The number of nitrogens with two attached hydrogens (primary N) is 1. The van der Waals surface area contributed by atoms with Crippen LogP contribution in [0.1, 0.15) is 61.8 Å². The molecule has 2 aliphatic heterocycles. The van der Waals surface area contributed by atoms with Gasteiger partial charge in [-0.2, -0.15) is 0 Å². The second-order valence-corrected chi connectivity index (χ2v) is 11.7. The van der Waals surface area contributed by atoms with Gasteiger partial charge in [0.15, 0.2) is 0 Å². The quantitative estimate of drug-likeness (QED) is 0.259. The summed E-state index contributed by atoms with van der Waals surface area (Å²) < 4.78 is 0. The lowest BCUT2D eigenvalue weighted by Crippen LogP contribution is -2.59. The second-order valence-electron chi connectivity index (χ2n) is 11.7. The molecule has 5 N–H and O–H groups in total. The van der Waals surface area contributed by atoms with Gasteiger partial charge in [0.2, 0.25) is 17.7 Å². The Morgan fingerprint density at radius 2 is 1.43 bits per heavy atom. The number of nitrogens with one attached hydrogen (secondary N) is 3. The van der Waals surface area contributed by atoms with E-state index in [2.05, 4.69) is 28.1 Å². The summed E-state index contributed by atoms with van der Waals surface area (Å²) in [6.07, 6.45) is 3.35. The summed E-state index contributed by atoms with van der Waals surface area (Å²) in [7, 11) is 0. The first-order valence-corrected chi connectivity index (χ1v) is 15.5. The Kier molecular flexibility index (Phi) is 11.9. The van der Waals surface area contributed by atoms with Gasteiger partial charge in [0, 0.05) is 25.0 Å². The fourth-order valence-corrected chi connectivity index (χ4v) is 6.42. The molecule has 5 rings (SSSR count). The summed E-state index contributed by atoms with van der Waals surface area (Å²) in [6, 6.07) is 27.4. The second kappa shape index (κ2) is 15.8. The number of rotatable bonds is 11. The number of carbonyl (C=O) groups excluding carboxylic acids is 3. The number of amides is 3. The summed E-state index contributed by atoms with van der Waals surface area (Å²) in [4.78, 5) is 43.1. The predicted octanol–water partition coefficient (Wildman–Crippen LogP) is 4.10. The molecule has 44 heavy (non-hydrogen) atoms. The molecule has 0 aliphatic carbocycles. The molecule has 0 unspecified atom stereocenters. The standard InChI is InChI=1S/C35H43N5O3.ClH/c1-2-29(36)33(41)39-32-27(23-37-22-24-12-6-3-7-13-24)18-19-28-20-21-30(40(28)35(32)43)34(42)38-31(25-14-8-4-9-15-25)26-16-10-5-11-17-26;/h3-17,27-32,37H,2,18-23,36H2,1H3,(H,38,42)(H,39,41);1H/t27-,28+,29+,30+,32+;/m1./s1. The van der Waals surface area contributed by atoms with Crippen molar-refractivity contribution in [3.05, 3.63) is 108 Å². The third kappa shape index (κ3) is 7.86. The van der Waals surface area contributed by atoms with E-state index in [1.165, 1.54) is 0 Å². The van der Waals surface area contributed by atoms with Gasteiger partial charge in [-0.1, -0.05) is 97.9 Å². The van der Waals surface area contributed by atoms with Crippen molar-refractivity contribution in [2.45, 2.75) is 75.8 Å². The zero-order valence-electron chi connectivity index (χ0n) is 25.2. The van der Waals surface area contributed by atoms with E-state index in [1.54, 1.807) is 4.90 Å². The molecule has 2 fully saturated rings. The van der Waals surface area contributed by atoms with Gasteiger partial charge < -0.3 is 26.6 Å². The molecule has 3 aromatic rings. The van der Waals surface area contributed by atoms with Gasteiger partial charge in [-0.05, 0) is 48.8 Å². The van der Waals surface area contributed by atoms with E-state index in [1.807, 2.05) is 85.8 Å². The molecule has 9 heteroatoms. The van der Waals surface area contributed by atoms with Gasteiger partial charge in [0.1, 0.15) is 12.1 Å². The highest BCUT2D eigenvalue weighted by Crippen LogP contribution is 2.35. The van der Waals surface area contributed by atoms with Crippen LogP contribution < -0.4 is 21.7 Å². The molecule has 2 heterocycles. The minimum Gasteiger partial charge on any atom is -0.343 e. The van der Waals surface area contributed by atoms with Crippen LogP contribution in [0.5, 0.6) is 0 Å². The summed E-state index contributed by atoms with van der Waals surface area (Å²) in [5.74, 6) is -0.829. The van der Waals surface area contributed by atoms with Crippen molar-refractivity contribution in [3.63, 3.8) is 0 Å². The number of hydrogen-bond acceptors (Lipinski definition) is 5. The molecular formula is C35H44ClN5O3. The van der Waals surface area contributed by atoms with Gasteiger partial charge in [-0.15, -0.1) is 12.4 Å². The average molecular weight is 618 g/mol. The highest BCUT2D eigenvalue weighted by molar-refractivity contribution is 5.94. The van der Waals surface area contributed by atoms with E-state index in [4.69, 9.17) is 5.73 Å². The van der Waals surface area contributed by atoms with Gasteiger partial charge in [-0.3, -0.25) is 14.4 Å². The Balaban J connectivity index is 0.00000442. The zero-order valence-corrected chi connectivity index (χ0v) is 26.0. The van der Waals surface area contributed by atoms with Crippen LogP contribution in [-0.4, -0.2) is 53.3 Å². The molecule has 3 aromatic carbocycles. The molecule has 2 aliphatic rings. The van der Waals surface area contributed by atoms with E-state index >= 15 is 0 Å². The fourth-order valence-electron chi connectivity index (χ4n) is 6.42. The Bertz CT molecular complexity index is 1320. The fraction of sp³-hybridized carbons (Fsp3) is 0.400. The molecule has 5 atom stereocenters. The maximum Gasteiger partial charge on any atom is 0.246 e. The van der Waals surface area contributed by atoms with Gasteiger partial charge in [0.25, 0.3) is 0 Å². The minimum absolute atomic E-state index is 0. The molecule has 0 bridgehead atoms. The largest absolute Gasteiger partial charge is 0.343 e. The van der Waals surface area contributed by atoms with Crippen molar-refractivity contribution in [1.82, 2.24) is 20.9 Å². The molecular weight excluding hydrogens is 574 g/mol. The predicted molar refractivity (Wildman–Crippen MR) is 175 cm³/mol. The van der Waals surface area contributed by atoms with Crippen LogP contribution >= 0.6 is 12.4 Å². The number of nitrogens with zero attached hydrogens (tertiary/aromatic N) is 1. The third-order valence-corrected chi connectivity index (χ3v) is 8.87. The first-order valence-electron chi connectivity index (χ1n) is 15.5. The highest BCUT2D eigenvalue weighted by Gasteiger charge is 2.47. The Morgan fingerprint density at radius 1 is 0.864 bits per heavy atom. The average Bonchev–Trinajstić information content (AvgIpc) is 3.43. The molecule has 0 radical (unpaired) electrons. The molecule has 8 nitrogen and oxygen atoms in total. The Morgan fingerprint density at radius 3 is 2.02 bits per heavy atom. The molecule has 2 saturated heterocycles. The maximum atomic E-state index is 14.3. The van der Waals surface area contributed by atoms with Crippen molar-refractivity contribution in [1.29, 1.82) is 0 Å². The van der Waals surface area contributed by atoms with E-state index < -0.39 is 18.1 Å². The number of halogens is 1. The Hall–Kier alpha value is -3.72. The van der Waals surface area contributed by atoms with Gasteiger partial charge >= 0.3 is 0 Å². The Labute approximate surface area is 266 Å². The van der Waals surface area contributed by atoms with E-state index in [-0.39, 0.29) is 48.1 Å². The summed E-state index contributed by atoms with van der Waals surface area (Å²) in [5, 5.41) is 9.75. The lowest BCUT2D eigenvalue weighted by atomic mass is 9.92. The van der Waals surface area contributed by atoms with E-state index in [0.29, 0.717) is 25.9 Å². The minimum atomic E-state index is -0.759. The van der Waals surface area contributed by atoms with Crippen LogP contribution in [0, 0.1) is 5.92 Å². The van der Waals surface area contributed by atoms with Crippen LogP contribution in [0.15, 0.2) is 91.0 Å². The monoisotopic (exact) mass is 617 g/mol. The van der Waals surface area contributed by atoms with Crippen molar-refractivity contribution < 1.29 is 14.4 Å². The van der Waals surface area contributed by atoms with E-state index in [0.717, 1.165) is 36.0 Å². The first-order chi connectivity index (χ1) is 21.0. The molecule has 3 amide bonds. The first kappa shape index (κ1) is 33.2. The third-order valence-electron chi connectivity index (χ3n) is 8.87. The van der Waals surface area contributed by atoms with Crippen LogP contribution in [-0.2, 0) is 20.9 Å². The van der Waals surface area contributed by atoms with Crippen LogP contribution in [0.3, 0.4) is 0 Å². The lowest BCUT2D eigenvalue weighted by molar-refractivity contribution is -0.143. The number of benzene rings is 3. The molecule has 234 valence electrons. The SMILES string of the molecule is CC[C@H](N)C(=O)N[C@@H]1C(=O)N2[C@@H](CC[C@@H]1CNCc1ccccc1)CC[C@H]2C(=O)NC(c1ccccc1)c1ccccc1.Cl. The maximum absolute atomic E-state index is 14.3. The van der Waals surface area contributed by atoms with Gasteiger partial charge in [0.05, 0.1) is 12.1 Å². The summed E-state index contributed by atoms with van der Waals surface area (Å²) in [6.45, 7) is 3.08. The van der Waals surface area contributed by atoms with Crippen molar-refractivity contribution >= 4 is 30.1 Å². The number of fused-ring (bicyclic) bond motifs is 1. The van der Waals surface area contributed by atoms with Crippen molar-refractivity contribution in [2.24, 2.45) is 11.7 Å². The van der Waals surface area contributed by atoms with Crippen molar-refractivity contribution in [3.8, 4) is 0 Å². The topological polar surface area (TPSA) is 117 Å². The normalized spacial score (nSPS) is 22.0. The van der Waals surface area contributed by atoms with Crippen molar-refractivity contribution in [2.75, 3.05) is 6.54 Å². The summed E-state index contributed by atoms with van der Waals surface area (Å²) >= 11 is 0.